The minimum Gasteiger partial charge on any atom is -0.465 e. The summed E-state index contributed by atoms with van der Waals surface area (Å²) in [5, 5.41) is 3.85. The molecule has 6 nitrogen and oxygen atoms in total. The molecule has 33 heavy (non-hydrogen) atoms. The number of hydrogen-bond acceptors (Lipinski definition) is 4. The van der Waals surface area contributed by atoms with Gasteiger partial charge in [-0.3, -0.25) is 4.79 Å². The van der Waals surface area contributed by atoms with Gasteiger partial charge in [0.2, 0.25) is 0 Å². The summed E-state index contributed by atoms with van der Waals surface area (Å²) in [5.41, 5.74) is 4.07. The van der Waals surface area contributed by atoms with E-state index in [-0.39, 0.29) is 25.0 Å². The first kappa shape index (κ1) is 21.7. The molecule has 1 N–H and O–H groups in total. The number of thiophene rings is 1. The van der Waals surface area contributed by atoms with Crippen LogP contribution in [0.15, 0.2) is 42.6 Å². The van der Waals surface area contributed by atoms with Crippen LogP contribution in [-0.4, -0.2) is 34.6 Å². The summed E-state index contributed by atoms with van der Waals surface area (Å²) in [5.74, 6) is -0.839. The summed E-state index contributed by atoms with van der Waals surface area (Å²) in [4.78, 5) is 28.5. The number of halogens is 1. The number of fused-ring (bicyclic) bond motifs is 5. The van der Waals surface area contributed by atoms with Crippen LogP contribution in [0.2, 0.25) is 0 Å². The van der Waals surface area contributed by atoms with E-state index in [9.17, 15) is 14.0 Å². The van der Waals surface area contributed by atoms with Gasteiger partial charge in [-0.25, -0.2) is 9.18 Å². The fraction of sp³-hybridized carbons (Fsp3) is 0.360. The van der Waals surface area contributed by atoms with Crippen LogP contribution in [-0.2, 0) is 28.9 Å². The van der Waals surface area contributed by atoms with Crippen molar-refractivity contribution in [3.8, 4) is 5.00 Å². The molecule has 2 amide bonds. The van der Waals surface area contributed by atoms with E-state index in [1.807, 2.05) is 24.4 Å². The second kappa shape index (κ2) is 9.02. The summed E-state index contributed by atoms with van der Waals surface area (Å²) < 4.78 is 21.4. The molecule has 1 aromatic carbocycles. The Hall–Kier alpha value is -3.13. The average molecular weight is 468 g/mol. The highest BCUT2D eigenvalue weighted by Crippen LogP contribution is 2.44. The van der Waals surface area contributed by atoms with Crippen molar-refractivity contribution in [3.63, 3.8) is 0 Å². The van der Waals surface area contributed by atoms with Crippen molar-refractivity contribution < 1.29 is 18.7 Å². The van der Waals surface area contributed by atoms with Crippen molar-refractivity contribution >= 4 is 23.3 Å². The minimum atomic E-state index is -0.503. The van der Waals surface area contributed by atoms with E-state index in [1.165, 1.54) is 29.0 Å². The monoisotopic (exact) mass is 467 g/mol. The molecule has 5 rings (SSSR count). The Labute approximate surface area is 196 Å². The molecule has 0 saturated heterocycles. The van der Waals surface area contributed by atoms with Crippen molar-refractivity contribution in [2.45, 2.75) is 45.2 Å². The zero-order chi connectivity index (χ0) is 22.9. The van der Waals surface area contributed by atoms with Crippen molar-refractivity contribution in [2.24, 2.45) is 0 Å². The van der Waals surface area contributed by atoms with Crippen molar-refractivity contribution in [3.05, 3.63) is 75.7 Å². The predicted octanol–water partition coefficient (Wildman–Crippen LogP) is 4.73. The maximum Gasteiger partial charge on any atom is 0.325 e. The van der Waals surface area contributed by atoms with Gasteiger partial charge in [-0.2, -0.15) is 0 Å². The van der Waals surface area contributed by atoms with Crippen LogP contribution in [0.3, 0.4) is 0 Å². The van der Waals surface area contributed by atoms with E-state index in [4.69, 9.17) is 4.74 Å². The standard InChI is InChI=1S/C25H26FN3O3S/c1-2-32-22(30)14-27-25(31)29-15-19-18-9-3-4-11-21(18)33-24(19)28-12-6-10-20(28)23(29)16-7-5-8-17(26)13-16/h5-8,10,12-13,23H,2-4,9,11,14-15H2,1H3,(H,27,31). The molecule has 3 aromatic rings. The minimum absolute atomic E-state index is 0.214. The Balaban J connectivity index is 1.60. The SMILES string of the molecule is CCOC(=O)CNC(=O)N1Cc2c(sc3c2CCCC3)-n2cccc2C1c1cccc(F)c1. The number of nitrogens with one attached hydrogen (secondary N) is 1. The maximum absolute atomic E-state index is 14.2. The topological polar surface area (TPSA) is 63.6 Å². The third-order valence-electron chi connectivity index (χ3n) is 6.29. The fourth-order valence-electron chi connectivity index (χ4n) is 4.88. The lowest BCUT2D eigenvalue weighted by Crippen LogP contribution is -2.44. The van der Waals surface area contributed by atoms with Gasteiger partial charge in [0.05, 0.1) is 24.9 Å². The molecule has 172 valence electrons. The molecule has 1 atom stereocenters. The average Bonchev–Trinajstić information content (AvgIpc) is 3.39. The van der Waals surface area contributed by atoms with Crippen LogP contribution >= 0.6 is 11.3 Å². The Morgan fingerprint density at radius 1 is 1.18 bits per heavy atom. The van der Waals surface area contributed by atoms with Gasteiger partial charge in [-0.1, -0.05) is 12.1 Å². The molecule has 0 bridgehead atoms. The highest BCUT2D eigenvalue weighted by atomic mass is 32.1. The number of aryl methyl sites for hydroxylation is 1. The van der Waals surface area contributed by atoms with E-state index >= 15 is 0 Å². The number of carbonyl (C=O) groups excluding carboxylic acids is 2. The summed E-state index contributed by atoms with van der Waals surface area (Å²) in [6.07, 6.45) is 6.40. The lowest BCUT2D eigenvalue weighted by molar-refractivity contribution is -0.141. The first-order chi connectivity index (χ1) is 16.1. The predicted molar refractivity (Wildman–Crippen MR) is 124 cm³/mol. The van der Waals surface area contributed by atoms with Crippen molar-refractivity contribution in [1.82, 2.24) is 14.8 Å². The first-order valence-electron chi connectivity index (χ1n) is 11.3. The van der Waals surface area contributed by atoms with Gasteiger partial charge in [0.1, 0.15) is 17.4 Å². The molecule has 0 saturated carbocycles. The number of hydrogen-bond donors (Lipinski definition) is 1. The van der Waals surface area contributed by atoms with Gasteiger partial charge < -0.3 is 19.5 Å². The first-order valence-corrected chi connectivity index (χ1v) is 12.1. The van der Waals surface area contributed by atoms with E-state index in [0.29, 0.717) is 12.1 Å². The third kappa shape index (κ3) is 4.04. The Kier molecular flexibility index (Phi) is 5.93. The van der Waals surface area contributed by atoms with E-state index in [2.05, 4.69) is 9.88 Å². The number of esters is 1. The lowest BCUT2D eigenvalue weighted by Gasteiger charge is -2.31. The fourth-order valence-corrected chi connectivity index (χ4v) is 6.28. The normalized spacial score (nSPS) is 16.9. The van der Waals surface area contributed by atoms with Crippen LogP contribution in [0.5, 0.6) is 0 Å². The molecule has 0 spiro atoms. The molecule has 0 radical (unpaired) electrons. The van der Waals surface area contributed by atoms with E-state index in [1.54, 1.807) is 29.2 Å². The molecule has 3 heterocycles. The summed E-state index contributed by atoms with van der Waals surface area (Å²) in [7, 11) is 0. The molecule has 1 aliphatic heterocycles. The summed E-state index contributed by atoms with van der Waals surface area (Å²) >= 11 is 1.79. The molecular formula is C25H26FN3O3S. The number of aromatic nitrogens is 1. The quantitative estimate of drug-likeness (QED) is 0.564. The van der Waals surface area contributed by atoms with Crippen LogP contribution in [0.25, 0.3) is 5.00 Å². The van der Waals surface area contributed by atoms with Gasteiger partial charge in [0, 0.05) is 16.6 Å². The Morgan fingerprint density at radius 2 is 2.03 bits per heavy atom. The lowest BCUT2D eigenvalue weighted by atomic mass is 9.95. The number of carbonyl (C=O) groups is 2. The maximum atomic E-state index is 14.2. The number of amides is 2. The molecule has 0 fully saturated rings. The largest absolute Gasteiger partial charge is 0.465 e. The van der Waals surface area contributed by atoms with Gasteiger partial charge in [0.15, 0.2) is 0 Å². The van der Waals surface area contributed by atoms with Crippen LogP contribution in [0.4, 0.5) is 9.18 Å². The van der Waals surface area contributed by atoms with Crippen LogP contribution in [0, 0.1) is 5.82 Å². The second-order valence-corrected chi connectivity index (χ2v) is 9.43. The zero-order valence-electron chi connectivity index (χ0n) is 18.5. The van der Waals surface area contributed by atoms with Gasteiger partial charge in [0.25, 0.3) is 0 Å². The van der Waals surface area contributed by atoms with Crippen LogP contribution < -0.4 is 5.32 Å². The highest BCUT2D eigenvalue weighted by molar-refractivity contribution is 7.15. The van der Waals surface area contributed by atoms with Gasteiger partial charge >= 0.3 is 12.0 Å². The molecule has 1 unspecified atom stereocenters. The smallest absolute Gasteiger partial charge is 0.325 e. The van der Waals surface area contributed by atoms with Crippen LogP contribution in [0.1, 0.15) is 53.1 Å². The molecule has 8 heteroatoms. The van der Waals surface area contributed by atoms with E-state index < -0.39 is 12.0 Å². The Bertz CT molecular complexity index is 1200. The van der Waals surface area contributed by atoms with Gasteiger partial charge in [-0.15, -0.1) is 11.3 Å². The van der Waals surface area contributed by atoms with E-state index in [0.717, 1.165) is 35.5 Å². The molecule has 2 aliphatic rings. The number of nitrogens with zero attached hydrogens (tertiary/aromatic N) is 2. The summed E-state index contributed by atoms with van der Waals surface area (Å²) in [6, 6.07) is 9.44. The second-order valence-electron chi connectivity index (χ2n) is 8.35. The number of rotatable bonds is 4. The Morgan fingerprint density at radius 3 is 2.85 bits per heavy atom. The molecule has 2 aromatic heterocycles. The number of ether oxygens (including phenoxy) is 1. The van der Waals surface area contributed by atoms with Crippen molar-refractivity contribution in [1.29, 1.82) is 0 Å². The summed E-state index contributed by atoms with van der Waals surface area (Å²) in [6.45, 7) is 2.15. The molecule has 1 aliphatic carbocycles. The number of urea groups is 1. The molecular weight excluding hydrogens is 441 g/mol. The van der Waals surface area contributed by atoms with Gasteiger partial charge in [-0.05, 0) is 68.0 Å². The third-order valence-corrected chi connectivity index (χ3v) is 7.63. The zero-order valence-corrected chi connectivity index (χ0v) is 19.3. The number of benzene rings is 1. The van der Waals surface area contributed by atoms with Crippen molar-refractivity contribution in [2.75, 3.05) is 13.2 Å². The highest BCUT2D eigenvalue weighted by Gasteiger charge is 2.36.